The summed E-state index contributed by atoms with van der Waals surface area (Å²) < 4.78 is 43.9. The normalized spacial score (nSPS) is 25.3. The highest BCUT2D eigenvalue weighted by molar-refractivity contribution is 5.05. The van der Waals surface area contributed by atoms with Crippen molar-refractivity contribution in [2.45, 2.75) is 51.4 Å². The summed E-state index contributed by atoms with van der Waals surface area (Å²) in [5, 5.41) is 2.99. The zero-order valence-electron chi connectivity index (χ0n) is 10.4. The minimum absolute atomic E-state index is 0.234. The molecule has 1 aliphatic carbocycles. The molecular formula is C13H18F3NO. The molecule has 1 aliphatic rings. The second kappa shape index (κ2) is 5.34. The van der Waals surface area contributed by atoms with Crippen LogP contribution in [0.3, 0.4) is 0 Å². The average molecular weight is 261 g/mol. The van der Waals surface area contributed by atoms with Gasteiger partial charge in [-0.05, 0) is 31.9 Å². The first-order chi connectivity index (χ1) is 8.47. The molecule has 2 unspecified atom stereocenters. The van der Waals surface area contributed by atoms with Crippen LogP contribution in [0.15, 0.2) is 16.5 Å². The van der Waals surface area contributed by atoms with E-state index in [2.05, 4.69) is 5.32 Å². The predicted octanol–water partition coefficient (Wildman–Crippen LogP) is 3.80. The van der Waals surface area contributed by atoms with E-state index in [4.69, 9.17) is 4.42 Å². The maximum absolute atomic E-state index is 12.9. The Morgan fingerprint density at radius 2 is 2.00 bits per heavy atom. The van der Waals surface area contributed by atoms with E-state index < -0.39 is 18.1 Å². The number of hydrogen-bond donors (Lipinski definition) is 1. The molecule has 1 saturated carbocycles. The van der Waals surface area contributed by atoms with Gasteiger partial charge in [-0.2, -0.15) is 13.2 Å². The van der Waals surface area contributed by atoms with Crippen molar-refractivity contribution in [3.8, 4) is 0 Å². The lowest BCUT2D eigenvalue weighted by atomic mass is 9.84. The minimum atomic E-state index is -4.10. The molecular weight excluding hydrogens is 243 g/mol. The van der Waals surface area contributed by atoms with Crippen LogP contribution in [0.2, 0.25) is 0 Å². The third-order valence-electron chi connectivity index (χ3n) is 3.52. The lowest BCUT2D eigenvalue weighted by Crippen LogP contribution is -2.45. The van der Waals surface area contributed by atoms with Crippen molar-refractivity contribution in [3.05, 3.63) is 23.7 Å². The Hall–Kier alpha value is -0.970. The first-order valence-corrected chi connectivity index (χ1v) is 6.32. The van der Waals surface area contributed by atoms with E-state index in [1.165, 1.54) is 0 Å². The van der Waals surface area contributed by atoms with Crippen LogP contribution in [0.4, 0.5) is 13.2 Å². The molecule has 2 atom stereocenters. The minimum Gasteiger partial charge on any atom is -0.465 e. The highest BCUT2D eigenvalue weighted by Gasteiger charge is 2.45. The summed E-state index contributed by atoms with van der Waals surface area (Å²) in [5.74, 6) is 0.254. The lowest BCUT2D eigenvalue weighted by molar-refractivity contribution is -0.189. The summed E-state index contributed by atoms with van der Waals surface area (Å²) in [6.45, 7) is 2.19. The number of nitrogens with one attached hydrogen (secondary N) is 1. The van der Waals surface area contributed by atoms with Crippen LogP contribution < -0.4 is 5.32 Å². The van der Waals surface area contributed by atoms with Gasteiger partial charge in [-0.25, -0.2) is 0 Å². The van der Waals surface area contributed by atoms with E-state index in [0.717, 1.165) is 12.2 Å². The molecule has 1 aromatic rings. The van der Waals surface area contributed by atoms with Crippen molar-refractivity contribution in [2.75, 3.05) is 0 Å². The molecule has 5 heteroatoms. The monoisotopic (exact) mass is 261 g/mol. The second-order valence-electron chi connectivity index (χ2n) is 4.93. The molecule has 0 amide bonds. The van der Waals surface area contributed by atoms with Crippen molar-refractivity contribution in [1.29, 1.82) is 0 Å². The molecule has 102 valence electrons. The fourth-order valence-corrected chi connectivity index (χ4v) is 2.58. The van der Waals surface area contributed by atoms with Crippen molar-refractivity contribution >= 4 is 0 Å². The standard InChI is InChI=1S/C13H18F3NO/c1-9-6-7-10(18-9)8-17-12-5-3-2-4-11(12)13(14,15)16/h6-7,11-12,17H,2-5,8H2,1H3. The van der Waals surface area contributed by atoms with Crippen LogP contribution in [0.25, 0.3) is 0 Å². The fraction of sp³-hybridized carbons (Fsp3) is 0.692. The Kier molecular flexibility index (Phi) is 4.00. The highest BCUT2D eigenvalue weighted by Crippen LogP contribution is 2.37. The van der Waals surface area contributed by atoms with Gasteiger partial charge in [0.25, 0.3) is 0 Å². The largest absolute Gasteiger partial charge is 0.465 e. The SMILES string of the molecule is Cc1ccc(CNC2CCCCC2C(F)(F)F)o1. The maximum atomic E-state index is 12.9. The summed E-state index contributed by atoms with van der Waals surface area (Å²) in [7, 11) is 0. The maximum Gasteiger partial charge on any atom is 0.393 e. The summed E-state index contributed by atoms with van der Waals surface area (Å²) in [5.41, 5.74) is 0. The predicted molar refractivity (Wildman–Crippen MR) is 62.1 cm³/mol. The summed E-state index contributed by atoms with van der Waals surface area (Å²) in [4.78, 5) is 0. The quantitative estimate of drug-likeness (QED) is 0.895. The molecule has 0 aromatic carbocycles. The smallest absolute Gasteiger partial charge is 0.393 e. The van der Waals surface area contributed by atoms with Gasteiger partial charge < -0.3 is 9.73 Å². The van der Waals surface area contributed by atoms with E-state index in [-0.39, 0.29) is 6.42 Å². The molecule has 1 N–H and O–H groups in total. The van der Waals surface area contributed by atoms with Crippen molar-refractivity contribution < 1.29 is 17.6 Å². The second-order valence-corrected chi connectivity index (χ2v) is 4.93. The van der Waals surface area contributed by atoms with Gasteiger partial charge in [-0.3, -0.25) is 0 Å². The molecule has 0 aliphatic heterocycles. The average Bonchev–Trinajstić information content (AvgIpc) is 2.72. The van der Waals surface area contributed by atoms with Crippen LogP contribution in [0.5, 0.6) is 0 Å². The molecule has 0 saturated heterocycles. The first-order valence-electron chi connectivity index (χ1n) is 6.32. The van der Waals surface area contributed by atoms with Gasteiger partial charge in [0.1, 0.15) is 11.5 Å². The van der Waals surface area contributed by atoms with E-state index in [0.29, 0.717) is 25.1 Å². The summed E-state index contributed by atoms with van der Waals surface area (Å²) in [6, 6.07) is 3.14. The van der Waals surface area contributed by atoms with Gasteiger partial charge in [0.05, 0.1) is 12.5 Å². The molecule has 1 aromatic heterocycles. The van der Waals surface area contributed by atoms with Crippen LogP contribution in [0, 0.1) is 12.8 Å². The van der Waals surface area contributed by atoms with Gasteiger partial charge >= 0.3 is 6.18 Å². The molecule has 0 spiro atoms. The van der Waals surface area contributed by atoms with E-state index in [1.54, 1.807) is 6.07 Å². The molecule has 1 heterocycles. The van der Waals surface area contributed by atoms with Crippen LogP contribution >= 0.6 is 0 Å². The van der Waals surface area contributed by atoms with E-state index in [1.807, 2.05) is 13.0 Å². The van der Waals surface area contributed by atoms with Gasteiger partial charge in [0, 0.05) is 6.04 Å². The van der Waals surface area contributed by atoms with Gasteiger partial charge in [-0.1, -0.05) is 12.8 Å². The molecule has 0 radical (unpaired) electrons. The summed E-state index contributed by atoms with van der Waals surface area (Å²) >= 11 is 0. The third kappa shape index (κ3) is 3.28. The van der Waals surface area contributed by atoms with Crippen molar-refractivity contribution in [3.63, 3.8) is 0 Å². The van der Waals surface area contributed by atoms with Gasteiger partial charge in [0.2, 0.25) is 0 Å². The number of halogens is 3. The van der Waals surface area contributed by atoms with E-state index in [9.17, 15) is 13.2 Å². The molecule has 0 bridgehead atoms. The van der Waals surface area contributed by atoms with Crippen molar-refractivity contribution in [2.24, 2.45) is 5.92 Å². The number of rotatable bonds is 3. The Morgan fingerprint density at radius 3 is 2.61 bits per heavy atom. The molecule has 1 fully saturated rings. The highest BCUT2D eigenvalue weighted by atomic mass is 19.4. The number of hydrogen-bond acceptors (Lipinski definition) is 2. The number of aryl methyl sites for hydroxylation is 1. The zero-order chi connectivity index (χ0) is 13.2. The third-order valence-corrected chi connectivity index (χ3v) is 3.52. The number of furan rings is 1. The Labute approximate surface area is 105 Å². The topological polar surface area (TPSA) is 25.2 Å². The Morgan fingerprint density at radius 1 is 1.28 bits per heavy atom. The molecule has 2 nitrogen and oxygen atoms in total. The Balaban J connectivity index is 1.93. The van der Waals surface area contributed by atoms with Gasteiger partial charge in [-0.15, -0.1) is 0 Å². The van der Waals surface area contributed by atoms with Crippen LogP contribution in [0.1, 0.15) is 37.2 Å². The Bertz CT molecular complexity index is 386. The first kappa shape index (κ1) is 13.5. The van der Waals surface area contributed by atoms with Gasteiger partial charge in [0.15, 0.2) is 0 Å². The number of alkyl halides is 3. The van der Waals surface area contributed by atoms with Crippen molar-refractivity contribution in [1.82, 2.24) is 5.32 Å². The molecule has 18 heavy (non-hydrogen) atoms. The van der Waals surface area contributed by atoms with Crippen LogP contribution in [-0.2, 0) is 6.54 Å². The fourth-order valence-electron chi connectivity index (χ4n) is 2.58. The molecule has 2 rings (SSSR count). The van der Waals surface area contributed by atoms with E-state index >= 15 is 0 Å². The lowest BCUT2D eigenvalue weighted by Gasteiger charge is -2.33. The zero-order valence-corrected chi connectivity index (χ0v) is 10.4. The summed E-state index contributed by atoms with van der Waals surface area (Å²) in [6.07, 6.45) is -1.75. The van der Waals surface area contributed by atoms with Crippen LogP contribution in [-0.4, -0.2) is 12.2 Å².